The van der Waals surface area contributed by atoms with E-state index < -0.39 is 17.5 Å². The maximum absolute atomic E-state index is 13.6. The number of anilines is 1. The summed E-state index contributed by atoms with van der Waals surface area (Å²) < 4.78 is 33.4. The van der Waals surface area contributed by atoms with Gasteiger partial charge < -0.3 is 19.9 Å². The van der Waals surface area contributed by atoms with Gasteiger partial charge in [-0.2, -0.15) is 0 Å². The molecule has 8 nitrogen and oxygen atoms in total. The van der Waals surface area contributed by atoms with Crippen LogP contribution in [0.25, 0.3) is 0 Å². The fourth-order valence-electron chi connectivity index (χ4n) is 2.62. The van der Waals surface area contributed by atoms with Crippen molar-refractivity contribution in [1.29, 1.82) is 0 Å². The molecule has 31 heavy (non-hydrogen) atoms. The lowest BCUT2D eigenvalue weighted by atomic mass is 10.2. The number of hydrogen-bond acceptors (Lipinski definition) is 6. The van der Waals surface area contributed by atoms with Crippen LogP contribution in [0.1, 0.15) is 16.2 Å². The normalized spacial score (nSPS) is 10.6. The van der Waals surface area contributed by atoms with E-state index in [0.29, 0.717) is 28.4 Å². The van der Waals surface area contributed by atoms with Gasteiger partial charge in [-0.1, -0.05) is 23.9 Å². The van der Waals surface area contributed by atoms with Crippen molar-refractivity contribution in [3.05, 3.63) is 65.5 Å². The second kappa shape index (κ2) is 10.0. The molecule has 0 aliphatic rings. The molecular weight excluding hydrogens is 428 g/mol. The zero-order chi connectivity index (χ0) is 22.4. The Hall–Kier alpha value is -3.47. The van der Waals surface area contributed by atoms with Crippen LogP contribution in [-0.4, -0.2) is 39.4 Å². The molecule has 2 N–H and O–H groups in total. The van der Waals surface area contributed by atoms with E-state index in [-0.39, 0.29) is 23.9 Å². The van der Waals surface area contributed by atoms with Crippen LogP contribution in [0.4, 0.5) is 14.5 Å². The van der Waals surface area contributed by atoms with Crippen LogP contribution in [0, 0.1) is 11.6 Å². The second-order valence-electron chi connectivity index (χ2n) is 6.30. The van der Waals surface area contributed by atoms with Gasteiger partial charge in [-0.25, -0.2) is 8.78 Å². The molecule has 11 heteroatoms. The minimum Gasteiger partial charge on any atom is -0.496 e. The lowest BCUT2D eigenvalue weighted by molar-refractivity contribution is -0.113. The van der Waals surface area contributed by atoms with Gasteiger partial charge in [-0.3, -0.25) is 9.59 Å². The largest absolute Gasteiger partial charge is 0.496 e. The molecule has 0 saturated heterocycles. The van der Waals surface area contributed by atoms with E-state index >= 15 is 0 Å². The number of rotatable bonds is 8. The molecule has 1 heterocycles. The maximum atomic E-state index is 13.6. The van der Waals surface area contributed by atoms with Crippen molar-refractivity contribution in [3.63, 3.8) is 0 Å². The number of thioether (sulfide) groups is 1. The Labute approximate surface area is 181 Å². The van der Waals surface area contributed by atoms with E-state index in [1.54, 1.807) is 35.9 Å². The van der Waals surface area contributed by atoms with E-state index in [4.69, 9.17) is 4.74 Å². The van der Waals surface area contributed by atoms with Crippen molar-refractivity contribution in [2.45, 2.75) is 11.7 Å². The standard InChI is InChI=1S/C20H19F2N5O3S/c1-27-17(10-23-19(29)13-5-3-4-6-16(13)30-2)25-26-20(27)31-11-18(28)24-15-8-7-12(21)9-14(15)22/h3-9H,10-11H2,1-2H3,(H,23,29)(H,24,28). The second-order valence-corrected chi connectivity index (χ2v) is 7.24. The fraction of sp³-hybridized carbons (Fsp3) is 0.200. The highest BCUT2D eigenvalue weighted by molar-refractivity contribution is 7.99. The zero-order valence-electron chi connectivity index (χ0n) is 16.7. The molecule has 0 atom stereocenters. The van der Waals surface area contributed by atoms with Crippen LogP contribution in [0.3, 0.4) is 0 Å². The third-order valence-electron chi connectivity index (χ3n) is 4.22. The molecule has 2 amide bonds. The van der Waals surface area contributed by atoms with Gasteiger partial charge in [0, 0.05) is 13.1 Å². The molecular formula is C20H19F2N5O3S. The highest BCUT2D eigenvalue weighted by Crippen LogP contribution is 2.19. The van der Waals surface area contributed by atoms with E-state index in [1.165, 1.54) is 7.11 Å². The van der Waals surface area contributed by atoms with Gasteiger partial charge in [0.25, 0.3) is 5.91 Å². The summed E-state index contributed by atoms with van der Waals surface area (Å²) in [6.07, 6.45) is 0. The van der Waals surface area contributed by atoms with Gasteiger partial charge >= 0.3 is 0 Å². The van der Waals surface area contributed by atoms with Gasteiger partial charge in [-0.05, 0) is 24.3 Å². The summed E-state index contributed by atoms with van der Waals surface area (Å²) in [5.41, 5.74) is 0.288. The molecule has 162 valence electrons. The predicted molar refractivity (Wildman–Crippen MR) is 111 cm³/mol. The summed E-state index contributed by atoms with van der Waals surface area (Å²) in [5.74, 6) is -1.51. The number of halogens is 2. The third-order valence-corrected chi connectivity index (χ3v) is 5.24. The molecule has 2 aromatic carbocycles. The first-order valence-electron chi connectivity index (χ1n) is 9.06. The van der Waals surface area contributed by atoms with Crippen LogP contribution in [0.2, 0.25) is 0 Å². The molecule has 3 rings (SSSR count). The summed E-state index contributed by atoms with van der Waals surface area (Å²) in [6.45, 7) is 0.119. The van der Waals surface area contributed by atoms with Gasteiger partial charge in [0.15, 0.2) is 11.0 Å². The first-order chi connectivity index (χ1) is 14.9. The summed E-state index contributed by atoms with van der Waals surface area (Å²) in [6, 6.07) is 9.73. The van der Waals surface area contributed by atoms with E-state index in [2.05, 4.69) is 20.8 Å². The molecule has 0 fully saturated rings. The first-order valence-corrected chi connectivity index (χ1v) is 10.0. The number of carbonyl (C=O) groups is 2. The van der Waals surface area contributed by atoms with Crippen molar-refractivity contribution in [2.75, 3.05) is 18.2 Å². The Morgan fingerprint density at radius 3 is 2.68 bits per heavy atom. The molecule has 0 bridgehead atoms. The number of methoxy groups -OCH3 is 1. The van der Waals surface area contributed by atoms with Gasteiger partial charge in [0.2, 0.25) is 5.91 Å². The number of hydrogen-bond donors (Lipinski definition) is 2. The van der Waals surface area contributed by atoms with Crippen molar-refractivity contribution in [2.24, 2.45) is 7.05 Å². The zero-order valence-corrected chi connectivity index (χ0v) is 17.5. The Morgan fingerprint density at radius 2 is 1.94 bits per heavy atom. The average molecular weight is 447 g/mol. The molecule has 0 aliphatic carbocycles. The molecule has 0 spiro atoms. The molecule has 0 unspecified atom stereocenters. The number of amides is 2. The first kappa shape index (κ1) is 22.2. The van der Waals surface area contributed by atoms with E-state index in [9.17, 15) is 18.4 Å². The summed E-state index contributed by atoms with van der Waals surface area (Å²) in [4.78, 5) is 24.4. The number of para-hydroxylation sites is 1. The summed E-state index contributed by atoms with van der Waals surface area (Å²) in [5, 5.41) is 13.6. The van der Waals surface area contributed by atoms with Gasteiger partial charge in [-0.15, -0.1) is 10.2 Å². The number of carbonyl (C=O) groups excluding carboxylic acids is 2. The Morgan fingerprint density at radius 1 is 1.16 bits per heavy atom. The lowest BCUT2D eigenvalue weighted by Gasteiger charge is -2.09. The van der Waals surface area contributed by atoms with Crippen molar-refractivity contribution >= 4 is 29.3 Å². The predicted octanol–water partition coefficient (Wildman–Crippen LogP) is 2.76. The van der Waals surface area contributed by atoms with Crippen LogP contribution < -0.4 is 15.4 Å². The van der Waals surface area contributed by atoms with E-state index in [0.717, 1.165) is 23.9 Å². The number of aromatic nitrogens is 3. The number of ether oxygens (including phenoxy) is 1. The Kier molecular flexibility index (Phi) is 7.19. The smallest absolute Gasteiger partial charge is 0.255 e. The molecule has 0 radical (unpaired) electrons. The monoisotopic (exact) mass is 447 g/mol. The summed E-state index contributed by atoms with van der Waals surface area (Å²) >= 11 is 1.09. The number of benzene rings is 2. The topological polar surface area (TPSA) is 98.1 Å². The molecule has 3 aromatic rings. The fourth-order valence-corrected chi connectivity index (χ4v) is 3.35. The molecule has 0 saturated carbocycles. The Bertz CT molecular complexity index is 1110. The quantitative estimate of drug-likeness (QED) is 0.516. The molecule has 1 aromatic heterocycles. The minimum atomic E-state index is -0.856. The summed E-state index contributed by atoms with van der Waals surface area (Å²) in [7, 11) is 3.18. The highest BCUT2D eigenvalue weighted by Gasteiger charge is 2.15. The molecule has 0 aliphatic heterocycles. The van der Waals surface area contributed by atoms with Crippen molar-refractivity contribution < 1.29 is 23.1 Å². The third kappa shape index (κ3) is 5.57. The average Bonchev–Trinajstić information content (AvgIpc) is 3.11. The van der Waals surface area contributed by atoms with Crippen LogP contribution in [-0.2, 0) is 18.4 Å². The van der Waals surface area contributed by atoms with Crippen LogP contribution in [0.5, 0.6) is 5.75 Å². The Balaban J connectivity index is 1.55. The van der Waals surface area contributed by atoms with E-state index in [1.807, 2.05) is 0 Å². The number of nitrogens with zero attached hydrogens (tertiary/aromatic N) is 3. The van der Waals surface area contributed by atoms with Gasteiger partial charge in [0.05, 0.1) is 30.7 Å². The lowest BCUT2D eigenvalue weighted by Crippen LogP contribution is -2.25. The number of nitrogens with one attached hydrogen (secondary N) is 2. The SMILES string of the molecule is COc1ccccc1C(=O)NCc1nnc(SCC(=O)Nc2ccc(F)cc2F)n1C. The van der Waals surface area contributed by atoms with Gasteiger partial charge in [0.1, 0.15) is 17.4 Å². The van der Waals surface area contributed by atoms with Crippen molar-refractivity contribution in [3.8, 4) is 5.75 Å². The maximum Gasteiger partial charge on any atom is 0.255 e. The highest BCUT2D eigenvalue weighted by atomic mass is 32.2. The minimum absolute atomic E-state index is 0.0592. The van der Waals surface area contributed by atoms with Crippen LogP contribution >= 0.6 is 11.8 Å². The van der Waals surface area contributed by atoms with Crippen molar-refractivity contribution in [1.82, 2.24) is 20.1 Å². The van der Waals surface area contributed by atoms with Crippen LogP contribution in [0.15, 0.2) is 47.6 Å².